The second kappa shape index (κ2) is 5.58. The first kappa shape index (κ1) is 14.2. The first-order valence-corrected chi connectivity index (χ1v) is 7.34. The molecule has 0 aliphatic carbocycles. The fourth-order valence-electron chi connectivity index (χ4n) is 3.10. The number of hydrogen-bond donors (Lipinski definition) is 0. The molecule has 3 rings (SSSR count). The van der Waals surface area contributed by atoms with Crippen molar-refractivity contribution in [3.63, 3.8) is 0 Å². The quantitative estimate of drug-likeness (QED) is 0.769. The molecule has 0 aromatic heterocycles. The smallest absolute Gasteiger partial charge is 0.251 e. The Hall–Kier alpha value is -1.72. The van der Waals surface area contributed by atoms with E-state index in [4.69, 9.17) is 4.74 Å². The van der Waals surface area contributed by atoms with Crippen LogP contribution < -0.4 is 4.90 Å². The Morgan fingerprint density at radius 2 is 1.86 bits per heavy atom. The minimum atomic E-state index is -0.331. The van der Waals surface area contributed by atoms with Crippen molar-refractivity contribution in [3.05, 3.63) is 29.3 Å². The van der Waals surface area contributed by atoms with Gasteiger partial charge in [0.1, 0.15) is 0 Å². The van der Waals surface area contributed by atoms with Gasteiger partial charge < -0.3 is 4.74 Å². The summed E-state index contributed by atoms with van der Waals surface area (Å²) in [5, 5.41) is 0. The first-order valence-electron chi connectivity index (χ1n) is 7.34. The molecule has 2 heterocycles. The second-order valence-corrected chi connectivity index (χ2v) is 5.73. The minimum absolute atomic E-state index is 0.103. The van der Waals surface area contributed by atoms with E-state index in [1.54, 1.807) is 0 Å². The molecule has 2 fully saturated rings. The van der Waals surface area contributed by atoms with Crippen molar-refractivity contribution in [2.24, 2.45) is 0 Å². The number of morpholine rings is 1. The lowest BCUT2D eigenvalue weighted by atomic mass is 10.1. The van der Waals surface area contributed by atoms with Crippen LogP contribution in [0, 0.1) is 13.8 Å². The van der Waals surface area contributed by atoms with Crippen molar-refractivity contribution in [2.75, 3.05) is 31.2 Å². The average molecular weight is 288 g/mol. The highest BCUT2D eigenvalue weighted by Gasteiger charge is 2.43. The van der Waals surface area contributed by atoms with Crippen LogP contribution in [0.5, 0.6) is 0 Å². The van der Waals surface area contributed by atoms with Crippen LogP contribution in [0.25, 0.3) is 0 Å². The van der Waals surface area contributed by atoms with Crippen LogP contribution in [-0.4, -0.2) is 49.1 Å². The van der Waals surface area contributed by atoms with Crippen LogP contribution in [0.15, 0.2) is 18.2 Å². The fraction of sp³-hybridized carbons (Fsp3) is 0.500. The van der Waals surface area contributed by atoms with E-state index in [0.29, 0.717) is 32.0 Å². The van der Waals surface area contributed by atoms with E-state index in [1.165, 1.54) is 4.90 Å². The van der Waals surface area contributed by atoms with Gasteiger partial charge >= 0.3 is 0 Å². The molecule has 21 heavy (non-hydrogen) atoms. The number of amides is 2. The Morgan fingerprint density at radius 3 is 2.52 bits per heavy atom. The molecule has 2 aliphatic heterocycles. The zero-order valence-electron chi connectivity index (χ0n) is 12.5. The number of benzene rings is 1. The predicted molar refractivity (Wildman–Crippen MR) is 79.2 cm³/mol. The molecule has 1 aromatic rings. The van der Waals surface area contributed by atoms with Crippen LogP contribution in [0.2, 0.25) is 0 Å². The number of hydrogen-bond acceptors (Lipinski definition) is 4. The number of nitrogens with zero attached hydrogens (tertiary/aromatic N) is 2. The van der Waals surface area contributed by atoms with Crippen molar-refractivity contribution >= 4 is 17.5 Å². The average Bonchev–Trinajstić information content (AvgIpc) is 2.76. The van der Waals surface area contributed by atoms with Crippen LogP contribution in [0.3, 0.4) is 0 Å². The van der Waals surface area contributed by atoms with E-state index in [9.17, 15) is 9.59 Å². The van der Waals surface area contributed by atoms with Crippen molar-refractivity contribution < 1.29 is 14.3 Å². The summed E-state index contributed by atoms with van der Waals surface area (Å²) in [7, 11) is 0. The molecule has 5 nitrogen and oxygen atoms in total. The summed E-state index contributed by atoms with van der Waals surface area (Å²) in [5.74, 6) is -0.211. The maximum atomic E-state index is 12.7. The zero-order valence-corrected chi connectivity index (χ0v) is 12.5. The number of carbonyl (C=O) groups excluding carboxylic acids is 2. The Labute approximate surface area is 124 Å². The van der Waals surface area contributed by atoms with E-state index in [0.717, 1.165) is 11.1 Å². The summed E-state index contributed by atoms with van der Waals surface area (Å²) < 4.78 is 5.31. The van der Waals surface area contributed by atoms with Gasteiger partial charge in [0.2, 0.25) is 5.91 Å². The molecular weight excluding hydrogens is 268 g/mol. The number of aryl methyl sites for hydroxylation is 2. The maximum Gasteiger partial charge on any atom is 0.251 e. The number of anilines is 1. The number of imide groups is 1. The fourth-order valence-corrected chi connectivity index (χ4v) is 3.10. The predicted octanol–water partition coefficient (Wildman–Crippen LogP) is 1.27. The number of carbonyl (C=O) groups is 2. The van der Waals surface area contributed by atoms with Crippen LogP contribution >= 0.6 is 0 Å². The Morgan fingerprint density at radius 1 is 1.14 bits per heavy atom. The summed E-state index contributed by atoms with van der Waals surface area (Å²) in [6, 6.07) is 5.47. The molecule has 0 N–H and O–H groups in total. The molecule has 1 unspecified atom stereocenters. The zero-order chi connectivity index (χ0) is 15.0. The van der Waals surface area contributed by atoms with E-state index >= 15 is 0 Å². The van der Waals surface area contributed by atoms with E-state index in [2.05, 4.69) is 4.90 Å². The molecule has 0 bridgehead atoms. The van der Waals surface area contributed by atoms with E-state index in [-0.39, 0.29) is 24.3 Å². The number of ether oxygens (including phenoxy) is 1. The van der Waals surface area contributed by atoms with Crippen LogP contribution in [0.1, 0.15) is 17.5 Å². The normalized spacial score (nSPS) is 23.9. The molecule has 0 spiro atoms. The first-order chi connectivity index (χ1) is 10.1. The lowest BCUT2D eigenvalue weighted by molar-refractivity contribution is -0.123. The third-order valence-electron chi connectivity index (χ3n) is 4.20. The van der Waals surface area contributed by atoms with E-state index in [1.807, 2.05) is 32.0 Å². The van der Waals surface area contributed by atoms with Crippen molar-refractivity contribution in [3.8, 4) is 0 Å². The van der Waals surface area contributed by atoms with Crippen molar-refractivity contribution in [1.82, 2.24) is 4.90 Å². The Balaban J connectivity index is 1.86. The molecule has 0 saturated carbocycles. The van der Waals surface area contributed by atoms with Gasteiger partial charge in [0.15, 0.2) is 0 Å². The lowest BCUT2D eigenvalue weighted by Crippen LogP contribution is -2.47. The van der Waals surface area contributed by atoms with Gasteiger partial charge in [-0.1, -0.05) is 17.7 Å². The van der Waals surface area contributed by atoms with Crippen LogP contribution in [0.4, 0.5) is 5.69 Å². The molecule has 0 radical (unpaired) electrons. The summed E-state index contributed by atoms with van der Waals surface area (Å²) in [5.41, 5.74) is 2.80. The van der Waals surface area contributed by atoms with Crippen molar-refractivity contribution in [1.29, 1.82) is 0 Å². The van der Waals surface area contributed by atoms with Gasteiger partial charge in [0.25, 0.3) is 5.91 Å². The Kier molecular flexibility index (Phi) is 3.78. The van der Waals surface area contributed by atoms with Gasteiger partial charge in [-0.2, -0.15) is 0 Å². The lowest BCUT2D eigenvalue weighted by Gasteiger charge is -2.30. The largest absolute Gasteiger partial charge is 0.379 e. The highest BCUT2D eigenvalue weighted by atomic mass is 16.5. The molecule has 2 amide bonds. The van der Waals surface area contributed by atoms with Crippen molar-refractivity contribution in [2.45, 2.75) is 26.3 Å². The topological polar surface area (TPSA) is 49.9 Å². The number of rotatable bonds is 2. The molecular formula is C16H20N2O3. The molecule has 2 saturated heterocycles. The minimum Gasteiger partial charge on any atom is -0.379 e. The third kappa shape index (κ3) is 2.59. The highest BCUT2D eigenvalue weighted by molar-refractivity contribution is 6.22. The van der Waals surface area contributed by atoms with Gasteiger partial charge in [-0.05, 0) is 25.5 Å². The SMILES string of the molecule is Cc1ccc(N2C(=O)CC(N3CCOCC3)C2=O)c(C)c1. The van der Waals surface area contributed by atoms with Crippen LogP contribution in [-0.2, 0) is 14.3 Å². The van der Waals surface area contributed by atoms with Gasteiger partial charge in [-0.15, -0.1) is 0 Å². The monoisotopic (exact) mass is 288 g/mol. The summed E-state index contributed by atoms with van der Waals surface area (Å²) in [6.45, 7) is 6.61. The summed E-state index contributed by atoms with van der Waals surface area (Å²) >= 11 is 0. The van der Waals surface area contributed by atoms with E-state index < -0.39 is 0 Å². The molecule has 1 aromatic carbocycles. The van der Waals surface area contributed by atoms with Gasteiger partial charge in [-0.3, -0.25) is 14.5 Å². The molecule has 5 heteroatoms. The summed E-state index contributed by atoms with van der Waals surface area (Å²) in [6.07, 6.45) is 0.270. The Bertz CT molecular complexity index is 579. The maximum absolute atomic E-state index is 12.7. The van der Waals surface area contributed by atoms with Gasteiger partial charge in [-0.25, -0.2) is 4.90 Å². The molecule has 112 valence electrons. The molecule has 2 aliphatic rings. The van der Waals surface area contributed by atoms with Gasteiger partial charge in [0.05, 0.1) is 31.4 Å². The molecule has 1 atom stereocenters. The van der Waals surface area contributed by atoms with Gasteiger partial charge in [0, 0.05) is 13.1 Å². The highest BCUT2D eigenvalue weighted by Crippen LogP contribution is 2.29. The second-order valence-electron chi connectivity index (χ2n) is 5.73. The standard InChI is InChI=1S/C16H20N2O3/c1-11-3-4-13(12(2)9-11)18-15(19)10-14(16(18)20)17-5-7-21-8-6-17/h3-4,9,14H,5-8,10H2,1-2H3. The third-order valence-corrected chi connectivity index (χ3v) is 4.20. The summed E-state index contributed by atoms with van der Waals surface area (Å²) in [4.78, 5) is 28.4.